The molecule has 0 aliphatic rings. The van der Waals surface area contributed by atoms with Gasteiger partial charge in [0, 0.05) is 23.6 Å². The van der Waals surface area contributed by atoms with Crippen molar-refractivity contribution in [1.82, 2.24) is 19.3 Å². The topological polar surface area (TPSA) is 82.9 Å². The van der Waals surface area contributed by atoms with E-state index in [0.29, 0.717) is 11.5 Å². The number of aromatic nitrogens is 4. The van der Waals surface area contributed by atoms with Gasteiger partial charge in [-0.15, -0.1) is 0 Å². The van der Waals surface area contributed by atoms with Crippen molar-refractivity contribution < 1.29 is 4.52 Å². The molecule has 4 rings (SSSR count). The van der Waals surface area contributed by atoms with E-state index in [2.05, 4.69) is 10.1 Å². The molecular formula is C20H16N4O3. The van der Waals surface area contributed by atoms with E-state index in [4.69, 9.17) is 4.52 Å². The van der Waals surface area contributed by atoms with Crippen molar-refractivity contribution in [2.24, 2.45) is 0 Å². The number of aryl methyl sites for hydroxylation is 1. The summed E-state index contributed by atoms with van der Waals surface area (Å²) in [4.78, 5) is 29.2. The molecule has 27 heavy (non-hydrogen) atoms. The third kappa shape index (κ3) is 3.22. The highest BCUT2D eigenvalue weighted by molar-refractivity contribution is 5.58. The summed E-state index contributed by atoms with van der Waals surface area (Å²) < 4.78 is 7.83. The van der Waals surface area contributed by atoms with Crippen LogP contribution in [0, 0.1) is 6.92 Å². The highest BCUT2D eigenvalue weighted by Gasteiger charge is 2.13. The van der Waals surface area contributed by atoms with Gasteiger partial charge in [0.15, 0.2) is 0 Å². The largest absolute Gasteiger partial charge is 0.337 e. The Morgan fingerprint density at radius 1 is 0.926 bits per heavy atom. The zero-order chi connectivity index (χ0) is 18.8. The first-order valence-corrected chi connectivity index (χ1v) is 8.39. The van der Waals surface area contributed by atoms with E-state index < -0.39 is 11.1 Å². The van der Waals surface area contributed by atoms with Crippen LogP contribution in [0.5, 0.6) is 0 Å². The maximum absolute atomic E-state index is 12.4. The summed E-state index contributed by atoms with van der Waals surface area (Å²) in [5.41, 5.74) is 1.22. The van der Waals surface area contributed by atoms with Gasteiger partial charge >= 0.3 is 11.1 Å². The lowest BCUT2D eigenvalue weighted by Crippen LogP contribution is -2.40. The fourth-order valence-electron chi connectivity index (χ4n) is 2.82. The Kier molecular flexibility index (Phi) is 4.25. The lowest BCUT2D eigenvalue weighted by atomic mass is 10.1. The van der Waals surface area contributed by atoms with E-state index in [1.165, 1.54) is 15.3 Å². The van der Waals surface area contributed by atoms with Gasteiger partial charge in [0.1, 0.15) is 6.54 Å². The predicted octanol–water partition coefficient (Wildman–Crippen LogP) is 2.41. The van der Waals surface area contributed by atoms with Crippen molar-refractivity contribution in [2.45, 2.75) is 13.5 Å². The second-order valence-electron chi connectivity index (χ2n) is 6.07. The van der Waals surface area contributed by atoms with E-state index in [1.807, 2.05) is 37.3 Å². The number of hydrogen-bond donors (Lipinski definition) is 0. The standard InChI is InChI=1S/C20H16N4O3/c1-14-7-5-6-10-16(14)18-21-17(27-22-18)13-23-11-12-24(20(26)19(23)25)15-8-3-2-4-9-15/h2-12H,13H2,1H3. The summed E-state index contributed by atoms with van der Waals surface area (Å²) in [6.45, 7) is 1.99. The number of hydrogen-bond acceptors (Lipinski definition) is 5. The van der Waals surface area contributed by atoms with Crippen LogP contribution in [-0.4, -0.2) is 19.3 Å². The molecule has 2 aromatic heterocycles. The van der Waals surface area contributed by atoms with E-state index in [1.54, 1.807) is 30.5 Å². The third-order valence-electron chi connectivity index (χ3n) is 4.25. The molecule has 0 saturated carbocycles. The minimum Gasteiger partial charge on any atom is -0.337 e. The van der Waals surface area contributed by atoms with Gasteiger partial charge in [0.25, 0.3) is 0 Å². The van der Waals surface area contributed by atoms with Crippen LogP contribution in [0.4, 0.5) is 0 Å². The molecule has 0 amide bonds. The first-order valence-electron chi connectivity index (χ1n) is 8.39. The molecule has 7 heteroatoms. The molecule has 0 radical (unpaired) electrons. The summed E-state index contributed by atoms with van der Waals surface area (Å²) >= 11 is 0. The Labute approximate surface area is 154 Å². The Morgan fingerprint density at radius 2 is 1.67 bits per heavy atom. The van der Waals surface area contributed by atoms with Crippen molar-refractivity contribution in [1.29, 1.82) is 0 Å². The summed E-state index contributed by atoms with van der Waals surface area (Å²) in [5.74, 6) is 0.709. The lowest BCUT2D eigenvalue weighted by Gasteiger charge is -2.07. The van der Waals surface area contributed by atoms with Crippen molar-refractivity contribution in [3.8, 4) is 17.1 Å². The first-order chi connectivity index (χ1) is 13.1. The van der Waals surface area contributed by atoms with Crippen LogP contribution < -0.4 is 11.1 Å². The van der Waals surface area contributed by atoms with E-state index in [0.717, 1.165) is 11.1 Å². The Bertz CT molecular complexity index is 1210. The van der Waals surface area contributed by atoms with Gasteiger partial charge in [-0.1, -0.05) is 47.6 Å². The summed E-state index contributed by atoms with van der Waals surface area (Å²) in [7, 11) is 0. The molecule has 0 atom stereocenters. The van der Waals surface area contributed by atoms with Crippen LogP contribution in [0.3, 0.4) is 0 Å². The fraction of sp³-hybridized carbons (Fsp3) is 0.100. The zero-order valence-corrected chi connectivity index (χ0v) is 14.6. The van der Waals surface area contributed by atoms with Crippen LogP contribution in [-0.2, 0) is 6.54 Å². The van der Waals surface area contributed by atoms with E-state index in [-0.39, 0.29) is 12.4 Å². The minimum atomic E-state index is -0.656. The van der Waals surface area contributed by atoms with Crippen LogP contribution in [0.1, 0.15) is 11.5 Å². The van der Waals surface area contributed by atoms with Gasteiger partial charge in [-0.05, 0) is 24.6 Å². The molecule has 7 nitrogen and oxygen atoms in total. The number of nitrogens with zero attached hydrogens (tertiary/aromatic N) is 4. The molecule has 2 heterocycles. The molecule has 0 N–H and O–H groups in total. The average Bonchev–Trinajstić information content (AvgIpc) is 3.15. The van der Waals surface area contributed by atoms with Crippen LogP contribution in [0.2, 0.25) is 0 Å². The summed E-state index contributed by atoms with van der Waals surface area (Å²) in [5, 5.41) is 3.98. The zero-order valence-electron chi connectivity index (χ0n) is 14.6. The molecule has 0 aliphatic carbocycles. The van der Waals surface area contributed by atoms with Gasteiger partial charge < -0.3 is 4.52 Å². The SMILES string of the molecule is Cc1ccccc1-c1noc(Cn2ccn(-c3ccccc3)c(=O)c2=O)n1. The third-order valence-corrected chi connectivity index (χ3v) is 4.25. The first kappa shape index (κ1) is 16.7. The van der Waals surface area contributed by atoms with Crippen molar-refractivity contribution >= 4 is 0 Å². The Morgan fingerprint density at radius 3 is 2.44 bits per heavy atom. The van der Waals surface area contributed by atoms with Gasteiger partial charge in [-0.3, -0.25) is 18.7 Å². The number of para-hydroxylation sites is 1. The lowest BCUT2D eigenvalue weighted by molar-refractivity contribution is 0.369. The maximum atomic E-state index is 12.4. The molecule has 4 aromatic rings. The van der Waals surface area contributed by atoms with Gasteiger partial charge in [0.05, 0.1) is 0 Å². The van der Waals surface area contributed by atoms with Gasteiger partial charge in [-0.2, -0.15) is 4.98 Å². The van der Waals surface area contributed by atoms with Crippen LogP contribution in [0.15, 0.2) is 81.1 Å². The molecule has 134 valence electrons. The molecule has 0 unspecified atom stereocenters. The second kappa shape index (κ2) is 6.87. The van der Waals surface area contributed by atoms with Crippen molar-refractivity contribution in [3.63, 3.8) is 0 Å². The van der Waals surface area contributed by atoms with Crippen LogP contribution >= 0.6 is 0 Å². The van der Waals surface area contributed by atoms with Crippen LogP contribution in [0.25, 0.3) is 17.1 Å². The average molecular weight is 360 g/mol. The summed E-state index contributed by atoms with van der Waals surface area (Å²) in [6, 6.07) is 16.7. The minimum absolute atomic E-state index is 0.0303. The molecule has 0 spiro atoms. The van der Waals surface area contributed by atoms with E-state index >= 15 is 0 Å². The summed E-state index contributed by atoms with van der Waals surface area (Å²) in [6.07, 6.45) is 3.09. The molecular weight excluding hydrogens is 344 g/mol. The van der Waals surface area contributed by atoms with Crippen molar-refractivity contribution in [3.05, 3.63) is 99.2 Å². The van der Waals surface area contributed by atoms with Gasteiger partial charge in [0.2, 0.25) is 11.7 Å². The smallest absolute Gasteiger partial charge is 0.320 e. The molecule has 0 saturated heterocycles. The highest BCUT2D eigenvalue weighted by Crippen LogP contribution is 2.19. The Balaban J connectivity index is 1.65. The number of benzene rings is 2. The molecule has 2 aromatic carbocycles. The van der Waals surface area contributed by atoms with Gasteiger partial charge in [-0.25, -0.2) is 0 Å². The maximum Gasteiger partial charge on any atom is 0.320 e. The van der Waals surface area contributed by atoms with Crippen molar-refractivity contribution in [2.75, 3.05) is 0 Å². The normalized spacial score (nSPS) is 10.9. The number of rotatable bonds is 4. The highest BCUT2D eigenvalue weighted by atomic mass is 16.5. The second-order valence-corrected chi connectivity index (χ2v) is 6.07. The monoisotopic (exact) mass is 360 g/mol. The molecule has 0 bridgehead atoms. The predicted molar refractivity (Wildman–Crippen MR) is 99.9 cm³/mol. The molecule has 0 aliphatic heterocycles. The van der Waals surface area contributed by atoms with E-state index in [9.17, 15) is 9.59 Å². The molecule has 0 fully saturated rings. The quantitative estimate of drug-likeness (QED) is 0.522. The fourth-order valence-corrected chi connectivity index (χ4v) is 2.82. The Hall–Kier alpha value is -3.74.